The molecule has 1 fully saturated rings. The van der Waals surface area contributed by atoms with E-state index >= 15 is 0 Å². The molecule has 0 aliphatic carbocycles. The smallest absolute Gasteiger partial charge is 0.231 e. The summed E-state index contributed by atoms with van der Waals surface area (Å²) < 4.78 is 28.5. The molecule has 1 aromatic rings. The minimum absolute atomic E-state index is 0.0246. The van der Waals surface area contributed by atoms with Gasteiger partial charge in [-0.25, -0.2) is 8.42 Å². The molecule has 1 aromatic carbocycles. The average Bonchev–Trinajstić information content (AvgIpc) is 2.88. The minimum Gasteiger partial charge on any atom is -0.379 e. The summed E-state index contributed by atoms with van der Waals surface area (Å²) in [5.41, 5.74) is 1.33. The first-order valence-corrected chi connectivity index (χ1v) is 8.58. The van der Waals surface area contributed by atoms with Gasteiger partial charge in [0.2, 0.25) is 5.91 Å². The molecule has 1 saturated heterocycles. The minimum atomic E-state index is -3.30. The van der Waals surface area contributed by atoms with Crippen LogP contribution >= 0.6 is 0 Å². The molecule has 21 heavy (non-hydrogen) atoms. The van der Waals surface area contributed by atoms with E-state index in [2.05, 4.69) is 10.6 Å². The van der Waals surface area contributed by atoms with E-state index in [9.17, 15) is 13.2 Å². The van der Waals surface area contributed by atoms with Crippen molar-refractivity contribution in [1.29, 1.82) is 0 Å². The number of aryl methyl sites for hydroxylation is 1. The van der Waals surface area contributed by atoms with Crippen LogP contribution in [-0.2, 0) is 19.4 Å². The van der Waals surface area contributed by atoms with E-state index in [-0.39, 0.29) is 22.8 Å². The Balaban J connectivity index is 2.21. The lowest BCUT2D eigenvalue weighted by atomic mass is 10.0. The third kappa shape index (κ3) is 3.61. The highest BCUT2D eigenvalue weighted by Crippen LogP contribution is 2.22. The van der Waals surface area contributed by atoms with Crippen LogP contribution in [0, 0.1) is 12.8 Å². The van der Waals surface area contributed by atoms with Gasteiger partial charge >= 0.3 is 0 Å². The lowest BCUT2D eigenvalue weighted by Gasteiger charge is -2.17. The number of benzene rings is 1. The SMILES string of the molecule is CNC1COCC1C(=O)Nc1cc(S(C)(=O)=O)ccc1C. The van der Waals surface area contributed by atoms with E-state index in [1.807, 2.05) is 6.92 Å². The number of hydrogen-bond acceptors (Lipinski definition) is 5. The van der Waals surface area contributed by atoms with Crippen molar-refractivity contribution in [2.24, 2.45) is 5.92 Å². The Morgan fingerprint density at radius 1 is 1.33 bits per heavy atom. The van der Waals surface area contributed by atoms with Crippen molar-refractivity contribution in [2.75, 3.05) is 31.8 Å². The molecule has 1 amide bonds. The zero-order chi connectivity index (χ0) is 15.6. The third-order valence-corrected chi connectivity index (χ3v) is 4.79. The van der Waals surface area contributed by atoms with Crippen LogP contribution in [0.4, 0.5) is 5.69 Å². The molecule has 1 heterocycles. The lowest BCUT2D eigenvalue weighted by Crippen LogP contribution is -2.39. The molecule has 116 valence electrons. The second-order valence-corrected chi connectivity index (χ2v) is 7.29. The fourth-order valence-electron chi connectivity index (χ4n) is 2.29. The Morgan fingerprint density at radius 2 is 2.05 bits per heavy atom. The second-order valence-electron chi connectivity index (χ2n) is 5.28. The molecule has 6 nitrogen and oxygen atoms in total. The second kappa shape index (κ2) is 6.13. The molecule has 1 aliphatic rings. The molecule has 2 unspecified atom stereocenters. The van der Waals surface area contributed by atoms with Gasteiger partial charge in [0.15, 0.2) is 9.84 Å². The Hall–Kier alpha value is -1.44. The van der Waals surface area contributed by atoms with Gasteiger partial charge in [0.05, 0.1) is 24.0 Å². The van der Waals surface area contributed by atoms with Crippen LogP contribution < -0.4 is 10.6 Å². The van der Waals surface area contributed by atoms with E-state index in [1.54, 1.807) is 13.1 Å². The van der Waals surface area contributed by atoms with Gasteiger partial charge in [-0.15, -0.1) is 0 Å². The summed E-state index contributed by atoms with van der Waals surface area (Å²) in [6.07, 6.45) is 1.14. The lowest BCUT2D eigenvalue weighted by molar-refractivity contribution is -0.120. The molecule has 0 saturated carbocycles. The first-order valence-electron chi connectivity index (χ1n) is 6.69. The number of carbonyl (C=O) groups excluding carboxylic acids is 1. The van der Waals surface area contributed by atoms with Crippen molar-refractivity contribution in [3.63, 3.8) is 0 Å². The molecule has 0 bridgehead atoms. The number of likely N-dealkylation sites (N-methyl/N-ethyl adjacent to an activating group) is 1. The van der Waals surface area contributed by atoms with Gasteiger partial charge in [-0.1, -0.05) is 6.07 Å². The maximum atomic E-state index is 12.3. The molecule has 0 aromatic heterocycles. The molecule has 7 heteroatoms. The molecule has 0 spiro atoms. The summed E-state index contributed by atoms with van der Waals surface area (Å²) in [5, 5.41) is 5.85. The molecule has 2 rings (SSSR count). The van der Waals surface area contributed by atoms with E-state index in [4.69, 9.17) is 4.74 Å². The van der Waals surface area contributed by atoms with Crippen molar-refractivity contribution in [1.82, 2.24) is 5.32 Å². The number of ether oxygens (including phenoxy) is 1. The molecule has 2 N–H and O–H groups in total. The van der Waals surface area contributed by atoms with E-state index in [1.165, 1.54) is 12.1 Å². The van der Waals surface area contributed by atoms with Crippen molar-refractivity contribution >= 4 is 21.4 Å². The molecule has 1 aliphatic heterocycles. The van der Waals surface area contributed by atoms with Crippen molar-refractivity contribution in [3.8, 4) is 0 Å². The summed E-state index contributed by atoms with van der Waals surface area (Å²) in [7, 11) is -1.51. The molecule has 0 radical (unpaired) electrons. The average molecular weight is 312 g/mol. The van der Waals surface area contributed by atoms with Gasteiger partial charge in [-0.3, -0.25) is 4.79 Å². The Kier molecular flexibility index (Phi) is 4.65. The van der Waals surface area contributed by atoms with Crippen LogP contribution in [0.2, 0.25) is 0 Å². The Bertz CT molecular complexity index is 642. The number of rotatable bonds is 4. The van der Waals surface area contributed by atoms with E-state index in [0.29, 0.717) is 18.9 Å². The molecule has 2 atom stereocenters. The summed E-state index contributed by atoms with van der Waals surface area (Å²) >= 11 is 0. The van der Waals surface area contributed by atoms with Crippen LogP contribution in [0.5, 0.6) is 0 Å². The maximum absolute atomic E-state index is 12.3. The number of nitrogens with one attached hydrogen (secondary N) is 2. The Labute approximate surface area is 124 Å². The van der Waals surface area contributed by atoms with Crippen molar-refractivity contribution in [2.45, 2.75) is 17.9 Å². The van der Waals surface area contributed by atoms with Crippen molar-refractivity contribution in [3.05, 3.63) is 23.8 Å². The number of amides is 1. The highest BCUT2D eigenvalue weighted by Gasteiger charge is 2.33. The maximum Gasteiger partial charge on any atom is 0.231 e. The number of carbonyl (C=O) groups is 1. The van der Waals surface area contributed by atoms with Gasteiger partial charge < -0.3 is 15.4 Å². The normalized spacial score (nSPS) is 22.2. The highest BCUT2D eigenvalue weighted by atomic mass is 32.2. The molecular weight excluding hydrogens is 292 g/mol. The van der Waals surface area contributed by atoms with E-state index in [0.717, 1.165) is 11.8 Å². The predicted molar refractivity (Wildman–Crippen MR) is 80.1 cm³/mol. The summed E-state index contributed by atoms with van der Waals surface area (Å²) in [6.45, 7) is 2.68. The topological polar surface area (TPSA) is 84.5 Å². The van der Waals surface area contributed by atoms with Crippen LogP contribution in [-0.4, -0.2) is 46.9 Å². The summed E-state index contributed by atoms with van der Waals surface area (Å²) in [4.78, 5) is 12.5. The van der Waals surface area contributed by atoms with Crippen LogP contribution in [0.25, 0.3) is 0 Å². The predicted octanol–water partition coefficient (Wildman–Crippen LogP) is 0.571. The number of hydrogen-bond donors (Lipinski definition) is 2. The third-order valence-electron chi connectivity index (χ3n) is 3.68. The van der Waals surface area contributed by atoms with Gasteiger partial charge in [-0.2, -0.15) is 0 Å². The van der Waals surface area contributed by atoms with E-state index < -0.39 is 9.84 Å². The Morgan fingerprint density at radius 3 is 2.67 bits per heavy atom. The summed E-state index contributed by atoms with van der Waals surface area (Å²) in [5.74, 6) is -0.447. The van der Waals surface area contributed by atoms with Gasteiger partial charge in [0.25, 0.3) is 0 Å². The first kappa shape index (κ1) is 15.9. The van der Waals surface area contributed by atoms with Crippen LogP contribution in [0.1, 0.15) is 5.56 Å². The van der Waals surface area contributed by atoms with Gasteiger partial charge in [-0.05, 0) is 31.7 Å². The number of anilines is 1. The fourth-order valence-corrected chi connectivity index (χ4v) is 2.94. The van der Waals surface area contributed by atoms with Crippen molar-refractivity contribution < 1.29 is 17.9 Å². The molecular formula is C14H20N2O4S. The highest BCUT2D eigenvalue weighted by molar-refractivity contribution is 7.90. The quantitative estimate of drug-likeness (QED) is 0.849. The standard InChI is InChI=1S/C14H20N2O4S/c1-9-4-5-10(21(3,18)19)6-12(9)16-14(17)11-7-20-8-13(11)15-2/h4-6,11,13,15H,7-8H2,1-3H3,(H,16,17). The zero-order valence-corrected chi connectivity index (χ0v) is 13.2. The van der Waals surface area contributed by atoms with Gasteiger partial charge in [0.1, 0.15) is 0 Å². The largest absolute Gasteiger partial charge is 0.379 e. The van der Waals surface area contributed by atoms with Crippen LogP contribution in [0.3, 0.4) is 0 Å². The summed E-state index contributed by atoms with van der Waals surface area (Å²) in [6, 6.07) is 4.69. The van der Waals surface area contributed by atoms with Crippen LogP contribution in [0.15, 0.2) is 23.1 Å². The monoisotopic (exact) mass is 312 g/mol. The number of sulfone groups is 1. The zero-order valence-electron chi connectivity index (χ0n) is 12.3. The first-order chi connectivity index (χ1) is 9.82. The van der Waals surface area contributed by atoms with Gasteiger partial charge in [0, 0.05) is 18.0 Å². The fraction of sp³-hybridized carbons (Fsp3) is 0.500.